The Morgan fingerprint density at radius 2 is 2.00 bits per heavy atom. The summed E-state index contributed by atoms with van der Waals surface area (Å²) in [6, 6.07) is 6.96. The third-order valence-electron chi connectivity index (χ3n) is 2.54. The predicted octanol–water partition coefficient (Wildman–Crippen LogP) is 0.322. The molecule has 0 bridgehead atoms. The number of hydrogen-bond donors (Lipinski definition) is 2. The Morgan fingerprint density at radius 3 is 2.47 bits per heavy atom. The van der Waals surface area contributed by atoms with Crippen molar-refractivity contribution in [3.05, 3.63) is 35.4 Å². The van der Waals surface area contributed by atoms with E-state index in [2.05, 4.69) is 0 Å². The third kappa shape index (κ3) is 3.28. The largest absolute Gasteiger partial charge is 0.480 e. The SMILES string of the molecule is Cc1ccccc1CS(=O)(=O)C(CN)C(=O)O. The van der Waals surface area contributed by atoms with Crippen molar-refractivity contribution in [2.75, 3.05) is 6.54 Å². The van der Waals surface area contributed by atoms with Gasteiger partial charge in [0.15, 0.2) is 15.1 Å². The van der Waals surface area contributed by atoms with Crippen LogP contribution in [-0.4, -0.2) is 31.3 Å². The number of aryl methyl sites for hydroxylation is 1. The number of rotatable bonds is 5. The highest BCUT2D eigenvalue weighted by atomic mass is 32.2. The lowest BCUT2D eigenvalue weighted by Crippen LogP contribution is -2.37. The van der Waals surface area contributed by atoms with Gasteiger partial charge in [-0.15, -0.1) is 0 Å². The van der Waals surface area contributed by atoms with E-state index in [4.69, 9.17) is 10.8 Å². The first-order valence-corrected chi connectivity index (χ1v) is 6.79. The molecule has 94 valence electrons. The molecule has 0 radical (unpaired) electrons. The molecule has 0 aliphatic rings. The van der Waals surface area contributed by atoms with Gasteiger partial charge in [0.2, 0.25) is 0 Å². The fraction of sp³-hybridized carbons (Fsp3) is 0.364. The second-order valence-corrected chi connectivity index (χ2v) is 5.98. The van der Waals surface area contributed by atoms with Gasteiger partial charge in [-0.2, -0.15) is 0 Å². The topological polar surface area (TPSA) is 97.5 Å². The van der Waals surface area contributed by atoms with Crippen LogP contribution in [0, 0.1) is 6.92 Å². The van der Waals surface area contributed by atoms with Crippen LogP contribution in [-0.2, 0) is 20.4 Å². The maximum absolute atomic E-state index is 11.9. The van der Waals surface area contributed by atoms with E-state index in [1.54, 1.807) is 31.2 Å². The second-order valence-electron chi connectivity index (χ2n) is 3.80. The Labute approximate surface area is 100 Å². The number of carboxylic acids is 1. The molecule has 0 aliphatic carbocycles. The van der Waals surface area contributed by atoms with Crippen LogP contribution in [0.2, 0.25) is 0 Å². The summed E-state index contributed by atoms with van der Waals surface area (Å²) in [5.41, 5.74) is 6.61. The molecule has 1 aromatic rings. The minimum absolute atomic E-state index is 0.298. The number of hydrogen-bond acceptors (Lipinski definition) is 4. The maximum atomic E-state index is 11.9. The molecular weight excluding hydrogens is 242 g/mol. The van der Waals surface area contributed by atoms with Crippen LogP contribution in [0.3, 0.4) is 0 Å². The van der Waals surface area contributed by atoms with E-state index in [0.717, 1.165) is 5.56 Å². The van der Waals surface area contributed by atoms with Crippen LogP contribution in [0.4, 0.5) is 0 Å². The molecule has 0 amide bonds. The molecule has 0 fully saturated rings. The van der Waals surface area contributed by atoms with Crippen LogP contribution in [0.5, 0.6) is 0 Å². The highest BCUT2D eigenvalue weighted by Gasteiger charge is 2.31. The molecular formula is C11H15NO4S. The van der Waals surface area contributed by atoms with Crippen molar-refractivity contribution >= 4 is 15.8 Å². The summed E-state index contributed by atoms with van der Waals surface area (Å²) in [7, 11) is -3.77. The van der Waals surface area contributed by atoms with Gasteiger partial charge in [0, 0.05) is 6.54 Å². The second kappa shape index (κ2) is 5.29. The Balaban J connectivity index is 3.02. The summed E-state index contributed by atoms with van der Waals surface area (Å²) in [5, 5.41) is 7.26. The lowest BCUT2D eigenvalue weighted by Gasteiger charge is -2.12. The number of carbonyl (C=O) groups is 1. The number of nitrogens with two attached hydrogens (primary N) is 1. The molecule has 1 aromatic carbocycles. The fourth-order valence-electron chi connectivity index (χ4n) is 1.49. The summed E-state index contributed by atoms with van der Waals surface area (Å²) in [6.07, 6.45) is 0. The molecule has 1 unspecified atom stereocenters. The van der Waals surface area contributed by atoms with E-state index in [0.29, 0.717) is 5.56 Å². The maximum Gasteiger partial charge on any atom is 0.323 e. The summed E-state index contributed by atoms with van der Waals surface area (Å²) >= 11 is 0. The standard InChI is InChI=1S/C11H15NO4S/c1-8-4-2-3-5-9(8)7-17(15,16)10(6-12)11(13)14/h2-5,10H,6-7,12H2,1H3,(H,13,14). The number of aliphatic carboxylic acids is 1. The Bertz CT molecular complexity index is 510. The summed E-state index contributed by atoms with van der Waals surface area (Å²) in [4.78, 5) is 10.8. The highest BCUT2D eigenvalue weighted by molar-refractivity contribution is 7.92. The Kier molecular flexibility index (Phi) is 4.25. The van der Waals surface area contributed by atoms with Crippen LogP contribution >= 0.6 is 0 Å². The molecule has 5 nitrogen and oxygen atoms in total. The van der Waals surface area contributed by atoms with E-state index in [1.807, 2.05) is 0 Å². The van der Waals surface area contributed by atoms with E-state index >= 15 is 0 Å². The van der Waals surface area contributed by atoms with Gasteiger partial charge in [-0.25, -0.2) is 8.42 Å². The fourth-order valence-corrected chi connectivity index (χ4v) is 3.05. The van der Waals surface area contributed by atoms with E-state index in [9.17, 15) is 13.2 Å². The van der Waals surface area contributed by atoms with E-state index in [1.165, 1.54) is 0 Å². The van der Waals surface area contributed by atoms with Crippen molar-refractivity contribution in [3.8, 4) is 0 Å². The molecule has 6 heteroatoms. The molecule has 0 saturated heterocycles. The first kappa shape index (κ1) is 13.7. The summed E-state index contributed by atoms with van der Waals surface area (Å²) in [6.45, 7) is 1.37. The van der Waals surface area contributed by atoms with Crippen molar-refractivity contribution in [1.82, 2.24) is 0 Å². The predicted molar refractivity (Wildman–Crippen MR) is 64.3 cm³/mol. The van der Waals surface area contributed by atoms with Gasteiger partial charge < -0.3 is 10.8 Å². The van der Waals surface area contributed by atoms with Gasteiger partial charge in [0.1, 0.15) is 0 Å². The number of sulfone groups is 1. The highest BCUT2D eigenvalue weighted by Crippen LogP contribution is 2.14. The molecule has 17 heavy (non-hydrogen) atoms. The molecule has 0 saturated carbocycles. The zero-order valence-corrected chi connectivity index (χ0v) is 10.3. The molecule has 3 N–H and O–H groups in total. The third-order valence-corrected chi connectivity index (χ3v) is 4.52. The van der Waals surface area contributed by atoms with Gasteiger partial charge in [-0.3, -0.25) is 4.79 Å². The quantitative estimate of drug-likeness (QED) is 0.791. The molecule has 0 spiro atoms. The molecule has 0 heterocycles. The van der Waals surface area contributed by atoms with Crippen LogP contribution in [0.1, 0.15) is 11.1 Å². The minimum atomic E-state index is -3.77. The molecule has 1 atom stereocenters. The average molecular weight is 257 g/mol. The van der Waals surface area contributed by atoms with Gasteiger partial charge in [0.25, 0.3) is 0 Å². The average Bonchev–Trinajstić information content (AvgIpc) is 2.21. The monoisotopic (exact) mass is 257 g/mol. The molecule has 0 aromatic heterocycles. The van der Waals surface area contributed by atoms with Crippen LogP contribution < -0.4 is 5.73 Å². The van der Waals surface area contributed by atoms with Crippen molar-refractivity contribution in [1.29, 1.82) is 0 Å². The van der Waals surface area contributed by atoms with Crippen molar-refractivity contribution < 1.29 is 18.3 Å². The van der Waals surface area contributed by atoms with Crippen molar-refractivity contribution in [3.63, 3.8) is 0 Å². The molecule has 1 rings (SSSR count). The smallest absolute Gasteiger partial charge is 0.323 e. The Morgan fingerprint density at radius 1 is 1.41 bits per heavy atom. The van der Waals surface area contributed by atoms with Crippen molar-refractivity contribution in [2.24, 2.45) is 5.73 Å². The lowest BCUT2D eigenvalue weighted by molar-refractivity contribution is -0.136. The zero-order chi connectivity index (χ0) is 13.1. The van der Waals surface area contributed by atoms with Crippen molar-refractivity contribution in [2.45, 2.75) is 17.9 Å². The van der Waals surface area contributed by atoms with Gasteiger partial charge in [-0.1, -0.05) is 24.3 Å². The van der Waals surface area contributed by atoms with Crippen LogP contribution in [0.25, 0.3) is 0 Å². The number of carboxylic acid groups (broad SMARTS) is 1. The number of benzene rings is 1. The lowest BCUT2D eigenvalue weighted by atomic mass is 10.1. The van der Waals surface area contributed by atoms with Gasteiger partial charge >= 0.3 is 5.97 Å². The van der Waals surface area contributed by atoms with Gasteiger partial charge in [-0.05, 0) is 18.1 Å². The zero-order valence-electron chi connectivity index (χ0n) is 9.46. The van der Waals surface area contributed by atoms with Gasteiger partial charge in [0.05, 0.1) is 5.75 Å². The Hall–Kier alpha value is -1.40. The summed E-state index contributed by atoms with van der Waals surface area (Å²) in [5.74, 6) is -1.70. The molecule has 0 aliphatic heterocycles. The first-order valence-electron chi connectivity index (χ1n) is 5.07. The van der Waals surface area contributed by atoms with E-state index < -0.39 is 27.6 Å². The summed E-state index contributed by atoms with van der Waals surface area (Å²) < 4.78 is 23.7. The normalized spacial score (nSPS) is 13.3. The first-order chi connectivity index (χ1) is 7.88. The minimum Gasteiger partial charge on any atom is -0.480 e. The van der Waals surface area contributed by atoms with Crippen LogP contribution in [0.15, 0.2) is 24.3 Å². The van der Waals surface area contributed by atoms with E-state index in [-0.39, 0.29) is 5.75 Å².